The van der Waals surface area contributed by atoms with Crippen molar-refractivity contribution in [2.75, 3.05) is 12.8 Å². The summed E-state index contributed by atoms with van der Waals surface area (Å²) in [5, 5.41) is 0.378. The summed E-state index contributed by atoms with van der Waals surface area (Å²) < 4.78 is 4.71. The number of aromatic nitrogens is 1. The van der Waals surface area contributed by atoms with Gasteiger partial charge < -0.3 is 10.5 Å². The number of thiazole rings is 1. The van der Waals surface area contributed by atoms with Gasteiger partial charge >= 0.3 is 5.97 Å². The van der Waals surface area contributed by atoms with E-state index in [-0.39, 0.29) is 0 Å². The topological polar surface area (TPSA) is 65.2 Å². The number of nitrogen functional groups attached to an aromatic ring is 1. The molecular weight excluding hydrogens is 256 g/mol. The lowest BCUT2D eigenvalue weighted by Gasteiger charge is -1.99. The van der Waals surface area contributed by atoms with E-state index in [1.807, 2.05) is 19.9 Å². The zero-order chi connectivity index (χ0) is 12.6. The lowest BCUT2D eigenvalue weighted by Crippen LogP contribution is -2.03. The molecule has 0 unspecified atom stereocenters. The molecule has 4 nitrogen and oxygen atoms in total. The molecule has 2 aromatic rings. The van der Waals surface area contributed by atoms with Crippen LogP contribution in [0.3, 0.4) is 0 Å². The highest BCUT2D eigenvalue weighted by atomic mass is 32.1. The van der Waals surface area contributed by atoms with E-state index in [0.29, 0.717) is 10.8 Å². The van der Waals surface area contributed by atoms with Gasteiger partial charge in [0.05, 0.1) is 12.0 Å². The van der Waals surface area contributed by atoms with Crippen LogP contribution in [0.15, 0.2) is 6.07 Å². The average Bonchev–Trinajstić information content (AvgIpc) is 2.80. The van der Waals surface area contributed by atoms with Gasteiger partial charge in [0.15, 0.2) is 10.8 Å². The molecule has 0 saturated heterocycles. The second kappa shape index (κ2) is 4.46. The second-order valence-corrected chi connectivity index (χ2v) is 6.04. The number of carbonyl (C=O) groups is 1. The predicted molar refractivity (Wildman–Crippen MR) is 70.7 cm³/mol. The SMILES string of the molecule is COC(=O)c1nc(N)sc1-c1cc(C)sc1C. The fraction of sp³-hybridized carbons (Fsp3) is 0.273. The van der Waals surface area contributed by atoms with E-state index in [1.54, 1.807) is 11.3 Å². The molecule has 0 spiro atoms. The Morgan fingerprint density at radius 2 is 2.12 bits per heavy atom. The van der Waals surface area contributed by atoms with Gasteiger partial charge in [0.2, 0.25) is 0 Å². The monoisotopic (exact) mass is 268 g/mol. The summed E-state index contributed by atoms with van der Waals surface area (Å²) in [7, 11) is 1.34. The molecule has 0 radical (unpaired) electrons. The Hall–Kier alpha value is -1.40. The van der Waals surface area contributed by atoms with E-state index >= 15 is 0 Å². The summed E-state index contributed by atoms with van der Waals surface area (Å²) >= 11 is 3.00. The number of esters is 1. The van der Waals surface area contributed by atoms with Gasteiger partial charge in [-0.2, -0.15) is 0 Å². The van der Waals surface area contributed by atoms with Crippen LogP contribution in [0.2, 0.25) is 0 Å². The van der Waals surface area contributed by atoms with Gasteiger partial charge in [0.25, 0.3) is 0 Å². The number of rotatable bonds is 2. The van der Waals surface area contributed by atoms with E-state index in [2.05, 4.69) is 4.98 Å². The molecule has 0 aliphatic carbocycles. The van der Waals surface area contributed by atoms with Crippen LogP contribution in [0.1, 0.15) is 20.2 Å². The van der Waals surface area contributed by atoms with Crippen LogP contribution in [-0.4, -0.2) is 18.1 Å². The Kier molecular flexibility index (Phi) is 3.17. The molecule has 0 amide bonds. The molecule has 0 aliphatic rings. The van der Waals surface area contributed by atoms with Crippen molar-refractivity contribution in [3.63, 3.8) is 0 Å². The average molecular weight is 268 g/mol. The zero-order valence-electron chi connectivity index (χ0n) is 9.73. The summed E-state index contributed by atoms with van der Waals surface area (Å²) in [6.07, 6.45) is 0. The molecule has 0 saturated carbocycles. The van der Waals surface area contributed by atoms with Crippen molar-refractivity contribution in [1.82, 2.24) is 4.98 Å². The second-order valence-electron chi connectivity index (χ2n) is 3.55. The van der Waals surface area contributed by atoms with Crippen molar-refractivity contribution >= 4 is 33.8 Å². The van der Waals surface area contributed by atoms with Crippen molar-refractivity contribution in [3.8, 4) is 10.4 Å². The van der Waals surface area contributed by atoms with Crippen molar-refractivity contribution in [3.05, 3.63) is 21.5 Å². The van der Waals surface area contributed by atoms with Crippen molar-refractivity contribution < 1.29 is 9.53 Å². The number of thiophene rings is 1. The van der Waals surface area contributed by atoms with Crippen molar-refractivity contribution in [1.29, 1.82) is 0 Å². The first-order chi connectivity index (χ1) is 8.02. The van der Waals surface area contributed by atoms with Gasteiger partial charge in [0, 0.05) is 15.3 Å². The lowest BCUT2D eigenvalue weighted by molar-refractivity contribution is 0.0596. The van der Waals surface area contributed by atoms with Crippen LogP contribution in [0.25, 0.3) is 10.4 Å². The van der Waals surface area contributed by atoms with Gasteiger partial charge in [-0.25, -0.2) is 9.78 Å². The van der Waals surface area contributed by atoms with Gasteiger partial charge in [-0.1, -0.05) is 11.3 Å². The number of carbonyl (C=O) groups excluding carboxylic acids is 1. The van der Waals surface area contributed by atoms with Crippen LogP contribution < -0.4 is 5.73 Å². The maximum Gasteiger partial charge on any atom is 0.358 e. The lowest BCUT2D eigenvalue weighted by atomic mass is 10.2. The quantitative estimate of drug-likeness (QED) is 0.851. The molecule has 2 rings (SSSR count). The molecule has 2 aromatic heterocycles. The normalized spacial score (nSPS) is 10.5. The largest absolute Gasteiger partial charge is 0.464 e. The zero-order valence-corrected chi connectivity index (χ0v) is 11.4. The first-order valence-electron chi connectivity index (χ1n) is 4.95. The van der Waals surface area contributed by atoms with E-state index in [9.17, 15) is 4.79 Å². The summed E-state index contributed by atoms with van der Waals surface area (Å²) in [6, 6.07) is 2.04. The van der Waals surface area contributed by atoms with Crippen LogP contribution in [0.5, 0.6) is 0 Å². The van der Waals surface area contributed by atoms with Crippen LogP contribution >= 0.6 is 22.7 Å². The summed E-state index contributed by atoms with van der Waals surface area (Å²) in [4.78, 5) is 18.8. The number of methoxy groups -OCH3 is 1. The molecule has 0 aliphatic heterocycles. The van der Waals surface area contributed by atoms with Crippen LogP contribution in [0, 0.1) is 13.8 Å². The molecule has 17 heavy (non-hydrogen) atoms. The highest BCUT2D eigenvalue weighted by Crippen LogP contribution is 2.37. The van der Waals surface area contributed by atoms with Gasteiger partial charge in [-0.05, 0) is 19.9 Å². The standard InChI is InChI=1S/C11H12N2O2S2/c1-5-4-7(6(2)16-5)9-8(10(14)15-3)13-11(12)17-9/h4H,1-3H3,(H2,12,13). The summed E-state index contributed by atoms with van der Waals surface area (Å²) in [5.41, 5.74) is 6.99. The molecule has 0 aromatic carbocycles. The van der Waals surface area contributed by atoms with E-state index in [0.717, 1.165) is 15.3 Å². The third-order valence-electron chi connectivity index (χ3n) is 2.31. The molecule has 0 fully saturated rings. The van der Waals surface area contributed by atoms with Crippen LogP contribution in [0.4, 0.5) is 5.13 Å². The smallest absolute Gasteiger partial charge is 0.358 e. The Morgan fingerprint density at radius 1 is 1.41 bits per heavy atom. The summed E-state index contributed by atoms with van der Waals surface area (Å²) in [5.74, 6) is -0.448. The minimum Gasteiger partial charge on any atom is -0.464 e. The molecule has 0 bridgehead atoms. The van der Waals surface area contributed by atoms with Gasteiger partial charge in [-0.3, -0.25) is 0 Å². The first-order valence-corrected chi connectivity index (χ1v) is 6.58. The molecule has 2 N–H and O–H groups in total. The number of nitrogens with two attached hydrogens (primary N) is 1. The minimum absolute atomic E-state index is 0.302. The molecule has 0 atom stereocenters. The van der Waals surface area contributed by atoms with E-state index < -0.39 is 5.97 Å². The number of nitrogens with zero attached hydrogens (tertiary/aromatic N) is 1. The third kappa shape index (κ3) is 2.18. The maximum absolute atomic E-state index is 11.6. The Labute approximate surface area is 107 Å². The number of hydrogen-bond donors (Lipinski definition) is 1. The molecular formula is C11H12N2O2S2. The Morgan fingerprint density at radius 3 is 2.65 bits per heavy atom. The Bertz CT molecular complexity index is 572. The van der Waals surface area contributed by atoms with Crippen LogP contribution in [-0.2, 0) is 4.74 Å². The van der Waals surface area contributed by atoms with Gasteiger partial charge in [0.1, 0.15) is 0 Å². The van der Waals surface area contributed by atoms with E-state index in [1.165, 1.54) is 23.3 Å². The molecule has 90 valence electrons. The van der Waals surface area contributed by atoms with Crippen molar-refractivity contribution in [2.24, 2.45) is 0 Å². The fourth-order valence-electron chi connectivity index (χ4n) is 1.61. The Balaban J connectivity index is 2.59. The maximum atomic E-state index is 11.6. The number of anilines is 1. The first kappa shape index (κ1) is 12.1. The molecule has 2 heterocycles. The van der Waals surface area contributed by atoms with E-state index in [4.69, 9.17) is 10.5 Å². The molecule has 6 heteroatoms. The fourth-order valence-corrected chi connectivity index (χ4v) is 3.50. The summed E-state index contributed by atoms with van der Waals surface area (Å²) in [6.45, 7) is 4.05. The highest BCUT2D eigenvalue weighted by molar-refractivity contribution is 7.19. The minimum atomic E-state index is -0.448. The third-order valence-corrected chi connectivity index (χ3v) is 4.19. The number of aryl methyl sites for hydroxylation is 2. The van der Waals surface area contributed by atoms with Gasteiger partial charge in [-0.15, -0.1) is 11.3 Å². The number of ether oxygens (including phenoxy) is 1. The predicted octanol–water partition coefficient (Wildman–Crippen LogP) is 2.86. The highest BCUT2D eigenvalue weighted by Gasteiger charge is 2.21. The van der Waals surface area contributed by atoms with Crippen molar-refractivity contribution in [2.45, 2.75) is 13.8 Å². The number of hydrogen-bond acceptors (Lipinski definition) is 6.